The lowest BCUT2D eigenvalue weighted by atomic mass is 10.2. The van der Waals surface area contributed by atoms with E-state index in [1.165, 1.54) is 12.2 Å². The molecule has 0 spiro atoms. The van der Waals surface area contributed by atoms with Gasteiger partial charge in [-0.3, -0.25) is 4.79 Å². The van der Waals surface area contributed by atoms with Gasteiger partial charge in [-0.15, -0.1) is 0 Å². The van der Waals surface area contributed by atoms with E-state index in [9.17, 15) is 9.59 Å². The number of carbonyl (C=O) groups excluding carboxylic acids is 2. The molecule has 0 saturated carbocycles. The van der Waals surface area contributed by atoms with Crippen LogP contribution in [-0.2, 0) is 25.7 Å². The Morgan fingerprint density at radius 3 is 2.67 bits per heavy atom. The zero-order chi connectivity index (χ0) is 12.8. The van der Waals surface area contributed by atoms with Crippen molar-refractivity contribution >= 4 is 17.8 Å². The van der Waals surface area contributed by atoms with Crippen molar-refractivity contribution in [1.29, 1.82) is 0 Å². The lowest BCUT2D eigenvalue weighted by Gasteiger charge is -2.02. The Morgan fingerprint density at radius 2 is 2.00 bits per heavy atom. The van der Waals surface area contributed by atoms with Gasteiger partial charge in [0.25, 0.3) is 0 Å². The van der Waals surface area contributed by atoms with Crippen LogP contribution in [0.4, 0.5) is 0 Å². The van der Waals surface area contributed by atoms with Gasteiger partial charge in [0, 0.05) is 12.2 Å². The van der Waals surface area contributed by atoms with Crippen LogP contribution in [0.15, 0.2) is 47.5 Å². The summed E-state index contributed by atoms with van der Waals surface area (Å²) in [6, 6.07) is 9.34. The molecule has 92 valence electrons. The zero-order valence-electron chi connectivity index (χ0n) is 9.54. The molecule has 0 fully saturated rings. The monoisotopic (exact) mass is 245 g/mol. The van der Waals surface area contributed by atoms with E-state index in [1.807, 2.05) is 30.3 Å². The summed E-state index contributed by atoms with van der Waals surface area (Å²) >= 11 is 0. The van der Waals surface area contributed by atoms with Crippen LogP contribution in [0.3, 0.4) is 0 Å². The van der Waals surface area contributed by atoms with E-state index in [1.54, 1.807) is 0 Å². The summed E-state index contributed by atoms with van der Waals surface area (Å²) in [6.07, 6.45) is 2.65. The number of ether oxygens (including phenoxy) is 2. The SMILES string of the molecule is O=C1C=CC(=NCC(=O)OCc2ccccc2)O1. The van der Waals surface area contributed by atoms with E-state index < -0.39 is 11.9 Å². The number of benzene rings is 1. The highest BCUT2D eigenvalue weighted by atomic mass is 16.5. The van der Waals surface area contributed by atoms with Gasteiger partial charge in [-0.2, -0.15) is 0 Å². The van der Waals surface area contributed by atoms with Crippen LogP contribution in [0.1, 0.15) is 5.56 Å². The first-order valence-corrected chi connectivity index (χ1v) is 5.38. The molecule has 1 aromatic carbocycles. The Bertz CT molecular complexity index is 505. The third-order valence-electron chi connectivity index (χ3n) is 2.17. The second-order valence-electron chi connectivity index (χ2n) is 3.56. The van der Waals surface area contributed by atoms with E-state index >= 15 is 0 Å². The van der Waals surface area contributed by atoms with Crippen LogP contribution >= 0.6 is 0 Å². The maximum atomic E-state index is 11.4. The van der Waals surface area contributed by atoms with Gasteiger partial charge in [-0.05, 0) is 5.56 Å². The van der Waals surface area contributed by atoms with Crippen molar-refractivity contribution in [3.05, 3.63) is 48.0 Å². The molecule has 5 heteroatoms. The summed E-state index contributed by atoms with van der Waals surface area (Å²) in [7, 11) is 0. The number of nitrogens with zero attached hydrogens (tertiary/aromatic N) is 1. The average molecular weight is 245 g/mol. The number of esters is 2. The minimum absolute atomic E-state index is 0.136. The van der Waals surface area contributed by atoms with Crippen molar-refractivity contribution in [1.82, 2.24) is 0 Å². The van der Waals surface area contributed by atoms with Crippen molar-refractivity contribution in [3.63, 3.8) is 0 Å². The fourth-order valence-corrected chi connectivity index (χ4v) is 1.32. The second kappa shape index (κ2) is 5.77. The first-order valence-electron chi connectivity index (χ1n) is 5.38. The fourth-order valence-electron chi connectivity index (χ4n) is 1.32. The smallest absolute Gasteiger partial charge is 0.337 e. The minimum Gasteiger partial charge on any atom is -0.459 e. The van der Waals surface area contributed by atoms with E-state index in [2.05, 4.69) is 9.73 Å². The first-order chi connectivity index (χ1) is 8.74. The minimum atomic E-state index is -0.480. The molecular formula is C13H11NO4. The van der Waals surface area contributed by atoms with E-state index in [0.717, 1.165) is 5.56 Å². The summed E-state index contributed by atoms with van der Waals surface area (Å²) in [5.74, 6) is -0.814. The number of cyclic esters (lactones) is 1. The first kappa shape index (κ1) is 12.0. The van der Waals surface area contributed by atoms with Gasteiger partial charge < -0.3 is 9.47 Å². The lowest BCUT2D eigenvalue weighted by molar-refractivity contribution is -0.143. The summed E-state index contributed by atoms with van der Waals surface area (Å²) < 4.78 is 9.67. The molecule has 0 amide bonds. The Morgan fingerprint density at radius 1 is 1.22 bits per heavy atom. The van der Waals surface area contributed by atoms with Gasteiger partial charge in [0.15, 0.2) is 0 Å². The molecular weight excluding hydrogens is 234 g/mol. The maximum Gasteiger partial charge on any atom is 0.337 e. The third-order valence-corrected chi connectivity index (χ3v) is 2.17. The standard InChI is InChI=1S/C13H11NO4/c15-12-7-6-11(18-12)14-8-13(16)17-9-10-4-2-1-3-5-10/h1-7H,8-9H2. The molecule has 0 saturated heterocycles. The molecule has 0 radical (unpaired) electrons. The van der Waals surface area contributed by atoms with Crippen molar-refractivity contribution in [2.75, 3.05) is 6.54 Å². The highest BCUT2D eigenvalue weighted by Gasteiger charge is 2.11. The Hall–Kier alpha value is -2.43. The van der Waals surface area contributed by atoms with Gasteiger partial charge in [-0.1, -0.05) is 30.3 Å². The topological polar surface area (TPSA) is 65.0 Å². The second-order valence-corrected chi connectivity index (χ2v) is 3.56. The third kappa shape index (κ3) is 3.55. The van der Waals surface area contributed by atoms with Crippen molar-refractivity contribution in [2.45, 2.75) is 6.61 Å². The van der Waals surface area contributed by atoms with Crippen LogP contribution in [0.2, 0.25) is 0 Å². The van der Waals surface area contributed by atoms with Crippen LogP contribution < -0.4 is 0 Å². The van der Waals surface area contributed by atoms with E-state index in [-0.39, 0.29) is 19.0 Å². The van der Waals surface area contributed by atoms with E-state index in [0.29, 0.717) is 0 Å². The van der Waals surface area contributed by atoms with Gasteiger partial charge in [-0.25, -0.2) is 9.79 Å². The highest BCUT2D eigenvalue weighted by Crippen LogP contribution is 2.02. The normalized spacial score (nSPS) is 15.8. The van der Waals surface area contributed by atoms with Gasteiger partial charge >= 0.3 is 11.9 Å². The Balaban J connectivity index is 1.76. The molecule has 1 aromatic rings. The maximum absolute atomic E-state index is 11.4. The van der Waals surface area contributed by atoms with Crippen molar-refractivity contribution < 1.29 is 19.1 Å². The molecule has 1 aliphatic rings. The van der Waals surface area contributed by atoms with Gasteiger partial charge in [0.05, 0.1) is 0 Å². The number of rotatable bonds is 4. The highest BCUT2D eigenvalue weighted by molar-refractivity contribution is 6.07. The Kier molecular flexibility index (Phi) is 3.86. The van der Waals surface area contributed by atoms with Crippen LogP contribution in [0, 0.1) is 0 Å². The van der Waals surface area contributed by atoms with Crippen LogP contribution in [-0.4, -0.2) is 24.4 Å². The molecule has 18 heavy (non-hydrogen) atoms. The number of aliphatic imine (C=N–C) groups is 1. The number of hydrogen-bond acceptors (Lipinski definition) is 5. The largest absolute Gasteiger partial charge is 0.459 e. The summed E-state index contributed by atoms with van der Waals surface area (Å²) in [5.41, 5.74) is 0.908. The van der Waals surface area contributed by atoms with Crippen LogP contribution in [0.5, 0.6) is 0 Å². The molecule has 0 bridgehead atoms. The van der Waals surface area contributed by atoms with Crippen molar-refractivity contribution in [3.8, 4) is 0 Å². The molecule has 1 aliphatic heterocycles. The summed E-state index contributed by atoms with van der Waals surface area (Å²) in [6.45, 7) is 0.0416. The lowest BCUT2D eigenvalue weighted by Crippen LogP contribution is -2.10. The molecule has 0 unspecified atom stereocenters. The van der Waals surface area contributed by atoms with Crippen LogP contribution in [0.25, 0.3) is 0 Å². The molecule has 5 nitrogen and oxygen atoms in total. The zero-order valence-corrected chi connectivity index (χ0v) is 9.54. The number of hydrogen-bond donors (Lipinski definition) is 0. The molecule has 0 aliphatic carbocycles. The molecule has 0 aromatic heterocycles. The summed E-state index contributed by atoms with van der Waals surface area (Å²) in [4.78, 5) is 25.9. The fraction of sp³-hybridized carbons (Fsp3) is 0.154. The summed E-state index contributed by atoms with van der Waals surface area (Å²) in [5, 5.41) is 0. The van der Waals surface area contributed by atoms with E-state index in [4.69, 9.17) is 4.74 Å². The molecule has 0 N–H and O–H groups in total. The predicted molar refractivity (Wildman–Crippen MR) is 63.8 cm³/mol. The van der Waals surface area contributed by atoms with Gasteiger partial charge in [0.1, 0.15) is 13.2 Å². The number of carbonyl (C=O) groups is 2. The van der Waals surface area contributed by atoms with Gasteiger partial charge in [0.2, 0.25) is 5.90 Å². The molecule has 1 heterocycles. The van der Waals surface area contributed by atoms with Crippen molar-refractivity contribution in [2.24, 2.45) is 4.99 Å². The quantitative estimate of drug-likeness (QED) is 0.748. The molecule has 2 rings (SSSR count). The predicted octanol–water partition coefficient (Wildman–Crippen LogP) is 1.24. The average Bonchev–Trinajstić information content (AvgIpc) is 2.81. The molecule has 0 atom stereocenters. The Labute approximate surface area is 104 Å².